The van der Waals surface area contributed by atoms with Gasteiger partial charge in [-0.3, -0.25) is 9.59 Å². The van der Waals surface area contributed by atoms with Crippen LogP contribution < -0.4 is 26.4 Å². The summed E-state index contributed by atoms with van der Waals surface area (Å²) in [5.74, 6) is -1.24. The van der Waals surface area contributed by atoms with Crippen LogP contribution in [0.2, 0.25) is 10.0 Å². The summed E-state index contributed by atoms with van der Waals surface area (Å²) < 4.78 is 5.98. The normalized spacial score (nSPS) is 11.8. The number of urea groups is 1. The number of amides is 3. The number of carbonyl (C=O) groups excluding carboxylic acids is 2. The third-order valence-corrected chi connectivity index (χ3v) is 5.59. The number of aliphatic carboxylic acids is 1. The predicted octanol–water partition coefficient (Wildman–Crippen LogP) is 5.39. The van der Waals surface area contributed by atoms with Crippen LogP contribution in [0.1, 0.15) is 19.4 Å². The quantitative estimate of drug-likeness (QED) is 0.244. The first kappa shape index (κ1) is 27.8. The molecule has 0 aliphatic heterocycles. The van der Waals surface area contributed by atoms with Crippen molar-refractivity contribution in [3.8, 4) is 5.75 Å². The molecule has 0 spiro atoms. The largest absolute Gasteiger partial charge is 0.480 e. The Morgan fingerprint density at radius 3 is 2.16 bits per heavy atom. The number of nitrogens with two attached hydrogens (primary N) is 1. The van der Waals surface area contributed by atoms with Crippen molar-refractivity contribution < 1.29 is 24.2 Å². The zero-order chi connectivity index (χ0) is 27.2. The Morgan fingerprint density at radius 1 is 0.919 bits per heavy atom. The average molecular weight is 545 g/mol. The molecule has 1 unspecified atom stereocenters. The maximum atomic E-state index is 13.0. The van der Waals surface area contributed by atoms with E-state index < -0.39 is 29.6 Å². The predicted molar refractivity (Wildman–Crippen MR) is 145 cm³/mol. The minimum Gasteiger partial charge on any atom is -0.480 e. The van der Waals surface area contributed by atoms with Crippen molar-refractivity contribution in [3.63, 3.8) is 0 Å². The number of nitrogens with one attached hydrogen (secondary N) is 3. The van der Waals surface area contributed by atoms with E-state index in [0.29, 0.717) is 27.1 Å². The molecule has 0 bridgehead atoms. The Balaban J connectivity index is 1.65. The van der Waals surface area contributed by atoms with Crippen molar-refractivity contribution in [2.45, 2.75) is 31.9 Å². The van der Waals surface area contributed by atoms with Gasteiger partial charge in [0.2, 0.25) is 0 Å². The van der Waals surface area contributed by atoms with Crippen molar-refractivity contribution in [3.05, 3.63) is 82.3 Å². The molecule has 3 amide bonds. The highest BCUT2D eigenvalue weighted by molar-refractivity contribution is 6.35. The Morgan fingerprint density at radius 2 is 1.54 bits per heavy atom. The van der Waals surface area contributed by atoms with Crippen LogP contribution in [0.4, 0.5) is 21.9 Å². The Bertz CT molecular complexity index is 1280. The van der Waals surface area contributed by atoms with Crippen LogP contribution in [0.5, 0.6) is 5.75 Å². The molecule has 3 aromatic rings. The van der Waals surface area contributed by atoms with Gasteiger partial charge < -0.3 is 31.5 Å². The summed E-state index contributed by atoms with van der Waals surface area (Å²) in [5, 5.41) is 17.8. The van der Waals surface area contributed by atoms with Crippen LogP contribution in [0, 0.1) is 0 Å². The average Bonchev–Trinajstić information content (AvgIpc) is 2.80. The number of benzene rings is 3. The van der Waals surface area contributed by atoms with E-state index in [1.165, 1.54) is 0 Å². The lowest BCUT2D eigenvalue weighted by molar-refractivity contribution is -0.138. The first-order valence-electron chi connectivity index (χ1n) is 11.1. The fourth-order valence-electron chi connectivity index (χ4n) is 3.24. The topological polar surface area (TPSA) is 143 Å². The van der Waals surface area contributed by atoms with Gasteiger partial charge in [-0.2, -0.15) is 0 Å². The first-order valence-corrected chi connectivity index (χ1v) is 11.9. The number of para-hydroxylation sites is 2. The molecule has 0 aliphatic rings. The van der Waals surface area contributed by atoms with E-state index in [-0.39, 0.29) is 12.2 Å². The van der Waals surface area contributed by atoms with Gasteiger partial charge in [-0.25, -0.2) is 4.79 Å². The van der Waals surface area contributed by atoms with Crippen LogP contribution in [-0.4, -0.2) is 34.7 Å². The summed E-state index contributed by atoms with van der Waals surface area (Å²) in [6.07, 6.45) is 0.167. The third-order valence-electron chi connectivity index (χ3n) is 5.15. The van der Waals surface area contributed by atoms with Gasteiger partial charge in [-0.15, -0.1) is 0 Å². The lowest BCUT2D eigenvalue weighted by Gasteiger charge is -2.26. The lowest BCUT2D eigenvalue weighted by atomic mass is 10.1. The van der Waals surface area contributed by atoms with Gasteiger partial charge in [0.05, 0.1) is 5.69 Å². The van der Waals surface area contributed by atoms with Gasteiger partial charge in [0.1, 0.15) is 11.8 Å². The zero-order valence-electron chi connectivity index (χ0n) is 20.0. The second-order valence-corrected chi connectivity index (χ2v) is 9.52. The summed E-state index contributed by atoms with van der Waals surface area (Å²) in [4.78, 5) is 36.4. The van der Waals surface area contributed by atoms with E-state index >= 15 is 0 Å². The molecule has 0 heterocycles. The summed E-state index contributed by atoms with van der Waals surface area (Å²) in [6.45, 7) is 3.18. The standard InChI is InChI=1S/C26H26Cl2N4O5/c1-26(2,24(35)30-18-9-7-15(8-10-18)11-20(29)23(33)34)37-22-6-4-3-5-21(22)32-25(36)31-19-13-16(27)12-17(28)14-19/h3-10,12-14,20H,11,29H2,1-2H3,(H,30,35)(H,33,34)(H2,31,32,36). The van der Waals surface area contributed by atoms with Gasteiger partial charge in [0, 0.05) is 21.4 Å². The molecule has 3 rings (SSSR count). The first-order chi connectivity index (χ1) is 17.4. The van der Waals surface area contributed by atoms with Crippen LogP contribution in [0.15, 0.2) is 66.7 Å². The minimum absolute atomic E-state index is 0.167. The van der Waals surface area contributed by atoms with E-state index in [0.717, 1.165) is 5.56 Å². The molecule has 0 fully saturated rings. The van der Waals surface area contributed by atoms with Gasteiger partial charge in [-0.1, -0.05) is 47.5 Å². The van der Waals surface area contributed by atoms with Gasteiger partial charge in [0.25, 0.3) is 5.91 Å². The molecule has 9 nitrogen and oxygen atoms in total. The van der Waals surface area contributed by atoms with Crippen LogP contribution in [-0.2, 0) is 16.0 Å². The molecule has 1 atom stereocenters. The number of carbonyl (C=O) groups is 3. The molecule has 37 heavy (non-hydrogen) atoms. The highest BCUT2D eigenvalue weighted by Gasteiger charge is 2.31. The number of rotatable bonds is 9. The molecule has 3 aromatic carbocycles. The molecule has 0 saturated carbocycles. The highest BCUT2D eigenvalue weighted by atomic mass is 35.5. The van der Waals surface area contributed by atoms with E-state index in [1.54, 1.807) is 80.6 Å². The van der Waals surface area contributed by atoms with E-state index in [9.17, 15) is 14.4 Å². The Kier molecular flexibility index (Phi) is 8.99. The summed E-state index contributed by atoms with van der Waals surface area (Å²) in [6, 6.07) is 16.5. The van der Waals surface area contributed by atoms with Crippen molar-refractivity contribution in [2.75, 3.05) is 16.0 Å². The SMILES string of the molecule is CC(C)(Oc1ccccc1NC(=O)Nc1cc(Cl)cc(Cl)c1)C(=O)Nc1ccc(CC(N)C(=O)O)cc1. The summed E-state index contributed by atoms with van der Waals surface area (Å²) in [7, 11) is 0. The second-order valence-electron chi connectivity index (χ2n) is 8.65. The Labute approximate surface area is 223 Å². The second kappa shape index (κ2) is 12.0. The van der Waals surface area contributed by atoms with Crippen LogP contribution in [0.3, 0.4) is 0 Å². The summed E-state index contributed by atoms with van der Waals surface area (Å²) in [5.41, 5.74) is 6.21. The van der Waals surface area contributed by atoms with E-state index in [1.807, 2.05) is 0 Å². The van der Waals surface area contributed by atoms with Crippen LogP contribution in [0.25, 0.3) is 0 Å². The van der Waals surface area contributed by atoms with Crippen molar-refractivity contribution in [1.82, 2.24) is 0 Å². The molecule has 0 aromatic heterocycles. The number of carboxylic acid groups (broad SMARTS) is 1. The number of hydrogen-bond acceptors (Lipinski definition) is 5. The minimum atomic E-state index is -1.32. The maximum absolute atomic E-state index is 13.0. The van der Waals surface area contributed by atoms with Crippen molar-refractivity contribution in [2.24, 2.45) is 5.73 Å². The van der Waals surface area contributed by atoms with Gasteiger partial charge >= 0.3 is 12.0 Å². The van der Waals surface area contributed by atoms with Crippen molar-refractivity contribution >= 4 is 58.2 Å². The maximum Gasteiger partial charge on any atom is 0.323 e. The van der Waals surface area contributed by atoms with Gasteiger partial charge in [0.15, 0.2) is 5.60 Å². The molecule has 11 heteroatoms. The van der Waals surface area contributed by atoms with Crippen molar-refractivity contribution in [1.29, 1.82) is 0 Å². The highest BCUT2D eigenvalue weighted by Crippen LogP contribution is 2.29. The molecule has 194 valence electrons. The molecule has 0 aliphatic carbocycles. The fourth-order valence-corrected chi connectivity index (χ4v) is 3.76. The number of carboxylic acids is 1. The molecule has 0 radical (unpaired) electrons. The molecule has 6 N–H and O–H groups in total. The third kappa shape index (κ3) is 8.11. The smallest absolute Gasteiger partial charge is 0.323 e. The summed E-state index contributed by atoms with van der Waals surface area (Å²) >= 11 is 12.0. The molecular weight excluding hydrogens is 519 g/mol. The Hall–Kier alpha value is -3.79. The number of halogens is 2. The number of ether oxygens (including phenoxy) is 1. The molecular formula is C26H26Cl2N4O5. The molecule has 0 saturated heterocycles. The van der Waals surface area contributed by atoms with Crippen LogP contribution >= 0.6 is 23.2 Å². The fraction of sp³-hybridized carbons (Fsp3) is 0.192. The van der Waals surface area contributed by atoms with E-state index in [2.05, 4.69) is 16.0 Å². The zero-order valence-corrected chi connectivity index (χ0v) is 21.6. The number of hydrogen-bond donors (Lipinski definition) is 5. The van der Waals surface area contributed by atoms with Gasteiger partial charge in [-0.05, 0) is 68.3 Å². The number of anilines is 3. The lowest BCUT2D eigenvalue weighted by Crippen LogP contribution is -2.42. The monoisotopic (exact) mass is 544 g/mol. The van der Waals surface area contributed by atoms with E-state index in [4.69, 9.17) is 38.8 Å².